The Morgan fingerprint density at radius 2 is 1.65 bits per heavy atom. The van der Waals surface area contributed by atoms with Crippen LogP contribution in [0.25, 0.3) is 0 Å². The highest BCUT2D eigenvalue weighted by Crippen LogP contribution is 2.18. The topological polar surface area (TPSA) is 57.7 Å². The van der Waals surface area contributed by atoms with Crippen molar-refractivity contribution in [1.82, 2.24) is 0 Å². The van der Waals surface area contributed by atoms with Crippen molar-refractivity contribution >= 4 is 0 Å². The van der Waals surface area contributed by atoms with Crippen LogP contribution in [0.4, 0.5) is 0 Å². The van der Waals surface area contributed by atoms with Crippen LogP contribution < -0.4 is 9.64 Å². The molecule has 0 aliphatic carbocycles. The Morgan fingerprint density at radius 1 is 1.04 bits per heavy atom. The van der Waals surface area contributed by atoms with E-state index < -0.39 is 6.10 Å². The van der Waals surface area contributed by atoms with E-state index in [0.717, 1.165) is 21.8 Å². The third-order valence-corrected chi connectivity index (χ3v) is 4.37. The normalized spacial score (nSPS) is 16.0. The predicted octanol–water partition coefficient (Wildman–Crippen LogP) is 1.90. The van der Waals surface area contributed by atoms with E-state index >= 15 is 0 Å². The number of nitrogens with zero attached hydrogens (tertiary/aromatic N) is 1. The molecule has 2 rings (SSSR count). The Kier molecular flexibility index (Phi) is 5.75. The number of nitriles is 1. The highest BCUT2D eigenvalue weighted by molar-refractivity contribution is 5.30. The Bertz CT molecular complexity index is 649. The molecule has 2 aromatic carbocycles. The van der Waals surface area contributed by atoms with Crippen LogP contribution in [-0.4, -0.2) is 25.3 Å². The molecule has 0 aliphatic heterocycles. The van der Waals surface area contributed by atoms with Crippen molar-refractivity contribution in [1.29, 1.82) is 5.26 Å². The van der Waals surface area contributed by atoms with Gasteiger partial charge in [-0.25, -0.2) is 0 Å². The number of likely N-dealkylation sites (N-methyl/N-ethyl adjacent to an activating group) is 1. The summed E-state index contributed by atoms with van der Waals surface area (Å²) in [6.07, 6.45) is -0.620. The number of hydrogen-bond acceptors (Lipinski definition) is 3. The molecule has 120 valence electrons. The van der Waals surface area contributed by atoms with Gasteiger partial charge in [-0.3, -0.25) is 0 Å². The fourth-order valence-electron chi connectivity index (χ4n) is 2.69. The summed E-state index contributed by atoms with van der Waals surface area (Å²) >= 11 is 0. The number of quaternary nitrogens is 1. The van der Waals surface area contributed by atoms with Crippen LogP contribution in [0.2, 0.25) is 0 Å². The molecular formula is C19H23N2O2+. The summed E-state index contributed by atoms with van der Waals surface area (Å²) in [5, 5.41) is 20.2. The van der Waals surface area contributed by atoms with Gasteiger partial charge in [0.2, 0.25) is 6.04 Å². The lowest BCUT2D eigenvalue weighted by atomic mass is 9.99. The predicted molar refractivity (Wildman–Crippen MR) is 89.1 cm³/mol. The Morgan fingerprint density at radius 3 is 2.17 bits per heavy atom. The molecule has 0 heterocycles. The summed E-state index contributed by atoms with van der Waals surface area (Å²) in [4.78, 5) is 0.953. The van der Waals surface area contributed by atoms with E-state index in [2.05, 4.69) is 6.07 Å². The first-order chi connectivity index (χ1) is 11.1. The van der Waals surface area contributed by atoms with Crippen LogP contribution in [0.1, 0.15) is 30.2 Å². The molecule has 0 aromatic heterocycles. The quantitative estimate of drug-likeness (QED) is 0.856. The lowest BCUT2D eigenvalue weighted by molar-refractivity contribution is -0.931. The zero-order valence-electron chi connectivity index (χ0n) is 13.7. The monoisotopic (exact) mass is 311 g/mol. The molecule has 1 unspecified atom stereocenters. The second-order valence-corrected chi connectivity index (χ2v) is 5.72. The van der Waals surface area contributed by atoms with Crippen molar-refractivity contribution in [3.63, 3.8) is 0 Å². The molecule has 0 saturated heterocycles. The van der Waals surface area contributed by atoms with Gasteiger partial charge < -0.3 is 14.7 Å². The van der Waals surface area contributed by atoms with Crippen LogP contribution in [0.15, 0.2) is 54.6 Å². The van der Waals surface area contributed by atoms with Gasteiger partial charge in [0, 0.05) is 5.56 Å². The van der Waals surface area contributed by atoms with Crippen LogP contribution in [0, 0.1) is 11.3 Å². The molecule has 23 heavy (non-hydrogen) atoms. The van der Waals surface area contributed by atoms with Gasteiger partial charge in [-0.15, -0.1) is 0 Å². The largest absolute Gasteiger partial charge is 0.497 e. The fraction of sp³-hybridized carbons (Fsp3) is 0.316. The third-order valence-electron chi connectivity index (χ3n) is 4.37. The summed E-state index contributed by atoms with van der Waals surface area (Å²) in [5.41, 5.74) is 1.78. The summed E-state index contributed by atoms with van der Waals surface area (Å²) in [5.74, 6) is 0.764. The second-order valence-electron chi connectivity index (χ2n) is 5.72. The van der Waals surface area contributed by atoms with Crippen LogP contribution in [0.3, 0.4) is 0 Å². The van der Waals surface area contributed by atoms with Crippen molar-refractivity contribution in [2.45, 2.75) is 25.1 Å². The average Bonchev–Trinajstić information content (AvgIpc) is 2.62. The van der Waals surface area contributed by atoms with E-state index in [1.165, 1.54) is 0 Å². The summed E-state index contributed by atoms with van der Waals surface area (Å²) < 4.78 is 5.16. The number of hydrogen-bond donors (Lipinski definition) is 2. The minimum absolute atomic E-state index is 0.121. The van der Waals surface area contributed by atoms with E-state index in [1.807, 2.05) is 68.6 Å². The maximum absolute atomic E-state index is 10.6. The number of rotatable bonds is 6. The molecule has 4 atom stereocenters. The van der Waals surface area contributed by atoms with E-state index in [9.17, 15) is 10.4 Å². The average molecular weight is 311 g/mol. The van der Waals surface area contributed by atoms with Gasteiger partial charge in [-0.1, -0.05) is 30.3 Å². The third kappa shape index (κ3) is 3.89. The molecule has 2 aromatic rings. The van der Waals surface area contributed by atoms with Gasteiger partial charge in [0.05, 0.1) is 14.2 Å². The van der Waals surface area contributed by atoms with Crippen LogP contribution in [0.5, 0.6) is 5.75 Å². The van der Waals surface area contributed by atoms with Crippen molar-refractivity contribution in [3.05, 3.63) is 65.7 Å². The van der Waals surface area contributed by atoms with Crippen molar-refractivity contribution in [3.8, 4) is 11.8 Å². The van der Waals surface area contributed by atoms with Gasteiger partial charge in [-0.05, 0) is 36.8 Å². The van der Waals surface area contributed by atoms with E-state index in [4.69, 9.17) is 4.74 Å². The second kappa shape index (κ2) is 7.77. The van der Waals surface area contributed by atoms with E-state index in [-0.39, 0.29) is 12.1 Å². The highest BCUT2D eigenvalue weighted by Gasteiger charge is 2.30. The maximum Gasteiger partial charge on any atom is 0.200 e. The first-order valence-corrected chi connectivity index (χ1v) is 7.68. The Labute approximate surface area is 137 Å². The maximum atomic E-state index is 10.6. The number of aliphatic hydroxyl groups is 1. The molecule has 4 nitrogen and oxygen atoms in total. The summed E-state index contributed by atoms with van der Waals surface area (Å²) in [6.45, 7) is 1.96. The SMILES string of the molecule is COc1ccc([C@H](C#N)[NH+](C)[C@H](C)[C@H](O)c2ccccc2)cc1. The highest BCUT2D eigenvalue weighted by atomic mass is 16.5. The lowest BCUT2D eigenvalue weighted by Gasteiger charge is -2.29. The summed E-state index contributed by atoms with van der Waals surface area (Å²) in [7, 11) is 3.56. The molecular weight excluding hydrogens is 288 g/mol. The van der Waals surface area contributed by atoms with Gasteiger partial charge >= 0.3 is 0 Å². The van der Waals surface area contributed by atoms with Crippen molar-refractivity contribution in [2.75, 3.05) is 14.2 Å². The van der Waals surface area contributed by atoms with Gasteiger partial charge in [0.15, 0.2) is 0 Å². The molecule has 0 spiro atoms. The Hall–Kier alpha value is -2.35. The van der Waals surface area contributed by atoms with Gasteiger partial charge in [0.25, 0.3) is 0 Å². The van der Waals surface area contributed by atoms with E-state index in [1.54, 1.807) is 7.11 Å². The minimum Gasteiger partial charge on any atom is -0.497 e. The standard InChI is InChI=1S/C19H22N2O2/c1-14(19(22)16-7-5-4-6-8-16)21(2)18(13-20)15-9-11-17(23-3)12-10-15/h4-12,14,18-19,22H,1-3H3/p+1/t14-,18+,19+/m1/s1. The van der Waals surface area contributed by atoms with Crippen molar-refractivity contribution in [2.24, 2.45) is 0 Å². The first-order valence-electron chi connectivity index (χ1n) is 7.68. The summed E-state index contributed by atoms with van der Waals surface area (Å²) in [6, 6.07) is 18.9. The van der Waals surface area contributed by atoms with Crippen molar-refractivity contribution < 1.29 is 14.7 Å². The van der Waals surface area contributed by atoms with Gasteiger partial charge in [0.1, 0.15) is 24.0 Å². The zero-order valence-corrected chi connectivity index (χ0v) is 13.7. The fourth-order valence-corrected chi connectivity index (χ4v) is 2.69. The molecule has 0 bridgehead atoms. The molecule has 0 fully saturated rings. The molecule has 0 radical (unpaired) electrons. The number of nitrogens with one attached hydrogen (secondary N) is 1. The number of methoxy groups -OCH3 is 1. The Balaban J connectivity index is 2.18. The number of aliphatic hydroxyl groups excluding tert-OH is 1. The number of ether oxygens (including phenoxy) is 1. The van der Waals surface area contributed by atoms with Crippen LogP contribution >= 0.6 is 0 Å². The smallest absolute Gasteiger partial charge is 0.200 e. The molecule has 0 amide bonds. The molecule has 2 N–H and O–H groups in total. The first kappa shape index (κ1) is 17.0. The minimum atomic E-state index is -0.620. The molecule has 0 saturated carbocycles. The lowest BCUT2D eigenvalue weighted by Crippen LogP contribution is -3.13. The number of benzene rings is 2. The molecule has 0 aliphatic rings. The molecule has 4 heteroatoms. The van der Waals surface area contributed by atoms with Gasteiger partial charge in [-0.2, -0.15) is 5.26 Å². The van der Waals surface area contributed by atoms with Crippen LogP contribution in [-0.2, 0) is 0 Å². The zero-order chi connectivity index (χ0) is 16.8. The van der Waals surface area contributed by atoms with E-state index in [0.29, 0.717) is 0 Å².